The van der Waals surface area contributed by atoms with Gasteiger partial charge in [0, 0.05) is 9.79 Å². The minimum absolute atomic E-state index is 1.10. The maximum Gasteiger partial charge on any atom is 0.0250 e. The van der Waals surface area contributed by atoms with Crippen LogP contribution in [0.4, 0.5) is 0 Å². The predicted octanol–water partition coefficient (Wildman–Crippen LogP) is 5.92. The molecule has 0 saturated carbocycles. The first-order valence-electron chi connectivity index (χ1n) is 6.77. The van der Waals surface area contributed by atoms with Gasteiger partial charge in [0.25, 0.3) is 0 Å². The molecule has 2 aromatic rings. The summed E-state index contributed by atoms with van der Waals surface area (Å²) in [6.45, 7) is 6.64. The summed E-state index contributed by atoms with van der Waals surface area (Å²) in [5.74, 6) is 0. The van der Waals surface area contributed by atoms with Crippen LogP contribution < -0.4 is 0 Å². The topological polar surface area (TPSA) is 0 Å². The third kappa shape index (κ3) is 3.58. The molecule has 0 aliphatic heterocycles. The van der Waals surface area contributed by atoms with Crippen LogP contribution in [0.15, 0.2) is 52.3 Å². The molecule has 2 aromatic carbocycles. The fourth-order valence-electron chi connectivity index (χ4n) is 2.04. The van der Waals surface area contributed by atoms with Crippen molar-refractivity contribution in [2.75, 3.05) is 0 Å². The zero-order valence-corrected chi connectivity index (χ0v) is 13.4. The molecule has 0 amide bonds. The summed E-state index contributed by atoms with van der Waals surface area (Å²) >= 11 is 0. The Morgan fingerprint density at radius 2 is 1.42 bits per heavy atom. The highest BCUT2D eigenvalue weighted by Gasteiger charge is 2.08. The molecule has 0 unspecified atom stereocenters. The van der Waals surface area contributed by atoms with Crippen LogP contribution >= 0.6 is 21.6 Å². The van der Waals surface area contributed by atoms with Crippen LogP contribution in [0.3, 0.4) is 0 Å². The molecular weight excluding hydrogens is 268 g/mol. The first kappa shape index (κ1) is 14.5. The summed E-state index contributed by atoms with van der Waals surface area (Å²) in [6.07, 6.45) is 2.20. The standard InChI is InChI=1S/C17H20S2/c1-4-14-10-8-11-15(5-2)17(14)19-18-16-12-7-6-9-13(16)3/h6-12H,4-5H2,1-3H3. The van der Waals surface area contributed by atoms with Gasteiger partial charge in [0.2, 0.25) is 0 Å². The molecule has 0 saturated heterocycles. The third-order valence-corrected chi connectivity index (χ3v) is 5.95. The van der Waals surface area contributed by atoms with Crippen LogP contribution in [0, 0.1) is 6.92 Å². The first-order chi connectivity index (χ1) is 9.26. The summed E-state index contributed by atoms with van der Waals surface area (Å²) in [4.78, 5) is 2.82. The van der Waals surface area contributed by atoms with Gasteiger partial charge in [-0.05, 0) is 42.5 Å². The van der Waals surface area contributed by atoms with Crippen molar-refractivity contribution >= 4 is 21.6 Å². The molecule has 0 bridgehead atoms. The zero-order valence-electron chi connectivity index (χ0n) is 11.8. The normalized spacial score (nSPS) is 10.7. The Kier molecular flexibility index (Phi) is 5.41. The minimum atomic E-state index is 1.10. The van der Waals surface area contributed by atoms with Crippen molar-refractivity contribution in [2.45, 2.75) is 43.4 Å². The molecule has 2 heteroatoms. The Balaban J connectivity index is 2.21. The van der Waals surface area contributed by atoms with Crippen molar-refractivity contribution in [2.24, 2.45) is 0 Å². The minimum Gasteiger partial charge on any atom is -0.0619 e. The molecule has 0 aliphatic carbocycles. The van der Waals surface area contributed by atoms with Crippen molar-refractivity contribution in [3.05, 3.63) is 59.2 Å². The van der Waals surface area contributed by atoms with Crippen molar-refractivity contribution in [1.29, 1.82) is 0 Å². The van der Waals surface area contributed by atoms with Gasteiger partial charge >= 0.3 is 0 Å². The number of hydrogen-bond donors (Lipinski definition) is 0. The average molecular weight is 288 g/mol. The predicted molar refractivity (Wildman–Crippen MR) is 88.1 cm³/mol. The van der Waals surface area contributed by atoms with Crippen LogP contribution in [-0.4, -0.2) is 0 Å². The number of hydrogen-bond acceptors (Lipinski definition) is 2. The Bertz CT molecular complexity index is 524. The molecule has 2 rings (SSSR count). The monoisotopic (exact) mass is 288 g/mol. The van der Waals surface area contributed by atoms with E-state index < -0.39 is 0 Å². The number of aryl methyl sites for hydroxylation is 3. The van der Waals surface area contributed by atoms with Gasteiger partial charge in [0.1, 0.15) is 0 Å². The lowest BCUT2D eigenvalue weighted by Gasteiger charge is -2.12. The van der Waals surface area contributed by atoms with E-state index in [1.54, 1.807) is 0 Å². The molecule has 0 aliphatic rings. The molecule has 0 N–H and O–H groups in total. The lowest BCUT2D eigenvalue weighted by Crippen LogP contribution is -1.91. The molecule has 19 heavy (non-hydrogen) atoms. The summed E-state index contributed by atoms with van der Waals surface area (Å²) in [5.41, 5.74) is 4.28. The number of rotatable bonds is 5. The van der Waals surface area contributed by atoms with Crippen molar-refractivity contribution < 1.29 is 0 Å². The van der Waals surface area contributed by atoms with Gasteiger partial charge in [-0.15, -0.1) is 0 Å². The van der Waals surface area contributed by atoms with Crippen LogP contribution in [-0.2, 0) is 12.8 Å². The van der Waals surface area contributed by atoms with Gasteiger partial charge in [-0.25, -0.2) is 0 Å². The number of benzene rings is 2. The van der Waals surface area contributed by atoms with Crippen LogP contribution in [0.5, 0.6) is 0 Å². The van der Waals surface area contributed by atoms with Crippen molar-refractivity contribution in [3.63, 3.8) is 0 Å². The molecule has 100 valence electrons. The van der Waals surface area contributed by atoms with Crippen LogP contribution in [0.25, 0.3) is 0 Å². The summed E-state index contributed by atoms with van der Waals surface area (Å²) in [7, 11) is 3.78. The Hall–Kier alpha value is -0.860. The van der Waals surface area contributed by atoms with Gasteiger partial charge < -0.3 is 0 Å². The van der Waals surface area contributed by atoms with Gasteiger partial charge in [0.05, 0.1) is 0 Å². The van der Waals surface area contributed by atoms with E-state index in [2.05, 4.69) is 63.2 Å². The lowest BCUT2D eigenvalue weighted by atomic mass is 10.1. The maximum absolute atomic E-state index is 2.25. The molecular formula is C17H20S2. The molecule has 0 spiro atoms. The summed E-state index contributed by atoms with van der Waals surface area (Å²) in [6, 6.07) is 15.3. The van der Waals surface area contributed by atoms with E-state index in [1.807, 2.05) is 21.6 Å². The van der Waals surface area contributed by atoms with Gasteiger partial charge in [-0.1, -0.05) is 71.8 Å². The van der Waals surface area contributed by atoms with E-state index in [-0.39, 0.29) is 0 Å². The van der Waals surface area contributed by atoms with Gasteiger partial charge in [-0.3, -0.25) is 0 Å². The largest absolute Gasteiger partial charge is 0.0619 e. The fourth-order valence-corrected chi connectivity index (χ4v) is 4.91. The van der Waals surface area contributed by atoms with Crippen LogP contribution in [0.2, 0.25) is 0 Å². The highest BCUT2D eigenvalue weighted by molar-refractivity contribution is 8.76. The van der Waals surface area contributed by atoms with Crippen LogP contribution in [0.1, 0.15) is 30.5 Å². The van der Waals surface area contributed by atoms with Crippen molar-refractivity contribution in [1.82, 2.24) is 0 Å². The zero-order chi connectivity index (χ0) is 13.7. The Morgan fingerprint density at radius 3 is 2.00 bits per heavy atom. The van der Waals surface area contributed by atoms with E-state index >= 15 is 0 Å². The van der Waals surface area contributed by atoms with E-state index in [4.69, 9.17) is 0 Å². The molecule has 0 heterocycles. The second kappa shape index (κ2) is 7.06. The molecule has 0 radical (unpaired) electrons. The van der Waals surface area contributed by atoms with E-state index in [0.29, 0.717) is 0 Å². The summed E-state index contributed by atoms with van der Waals surface area (Å²) in [5, 5.41) is 0. The molecule has 0 fully saturated rings. The first-order valence-corrected chi connectivity index (χ1v) is 8.92. The smallest absolute Gasteiger partial charge is 0.0250 e. The maximum atomic E-state index is 2.25. The Labute approximate surface area is 124 Å². The molecule has 0 atom stereocenters. The SMILES string of the molecule is CCc1cccc(CC)c1SSc1ccccc1C. The van der Waals surface area contributed by atoms with Gasteiger partial charge in [0.15, 0.2) is 0 Å². The lowest BCUT2D eigenvalue weighted by molar-refractivity contribution is 1.01. The van der Waals surface area contributed by atoms with Crippen molar-refractivity contribution in [3.8, 4) is 0 Å². The van der Waals surface area contributed by atoms with E-state index in [9.17, 15) is 0 Å². The highest BCUT2D eigenvalue weighted by atomic mass is 33.1. The highest BCUT2D eigenvalue weighted by Crippen LogP contribution is 2.42. The van der Waals surface area contributed by atoms with E-state index in [1.165, 1.54) is 26.5 Å². The quantitative estimate of drug-likeness (QED) is 0.626. The van der Waals surface area contributed by atoms with E-state index in [0.717, 1.165) is 12.8 Å². The second-order valence-electron chi connectivity index (χ2n) is 4.54. The second-order valence-corrected chi connectivity index (χ2v) is 6.73. The molecule has 0 nitrogen and oxygen atoms in total. The average Bonchev–Trinajstić information content (AvgIpc) is 2.46. The third-order valence-electron chi connectivity index (χ3n) is 3.25. The summed E-state index contributed by atoms with van der Waals surface area (Å²) < 4.78 is 0. The molecule has 0 aromatic heterocycles. The van der Waals surface area contributed by atoms with Gasteiger partial charge in [-0.2, -0.15) is 0 Å². The fraction of sp³-hybridized carbons (Fsp3) is 0.294. The Morgan fingerprint density at radius 1 is 0.789 bits per heavy atom.